The fourth-order valence-electron chi connectivity index (χ4n) is 7.84. The molecule has 0 saturated heterocycles. The van der Waals surface area contributed by atoms with Crippen molar-refractivity contribution < 1.29 is 0 Å². The van der Waals surface area contributed by atoms with Crippen molar-refractivity contribution in [1.29, 1.82) is 0 Å². The number of para-hydroxylation sites is 2. The minimum Gasteiger partial charge on any atom is -0.311 e. The van der Waals surface area contributed by atoms with Gasteiger partial charge in [0.25, 0.3) is 0 Å². The third-order valence-electron chi connectivity index (χ3n) is 10.5. The summed E-state index contributed by atoms with van der Waals surface area (Å²) in [6, 6.07) is 78.7. The van der Waals surface area contributed by atoms with Gasteiger partial charge in [-0.3, -0.25) is 0 Å². The van der Waals surface area contributed by atoms with Crippen LogP contribution in [0.25, 0.3) is 53.2 Å². The average Bonchev–Trinajstić information content (AvgIpc) is 3.64. The van der Waals surface area contributed by atoms with E-state index in [1.54, 1.807) is 0 Å². The van der Waals surface area contributed by atoms with E-state index < -0.39 is 0 Å². The number of anilines is 6. The molecule has 260 valence electrons. The summed E-state index contributed by atoms with van der Waals surface area (Å²) in [6.07, 6.45) is 0. The second-order valence-electron chi connectivity index (χ2n) is 13.8. The number of fused-ring (bicyclic) bond motifs is 4. The molecule has 0 fully saturated rings. The highest BCUT2D eigenvalue weighted by molar-refractivity contribution is 7.25. The van der Waals surface area contributed by atoms with E-state index in [1.165, 1.54) is 53.2 Å². The zero-order chi connectivity index (χ0) is 36.6. The Bertz CT molecular complexity index is 2900. The Hall–Kier alpha value is -6.94. The Balaban J connectivity index is 1.05. The Morgan fingerprint density at radius 1 is 0.273 bits per heavy atom. The molecule has 0 unspecified atom stereocenters. The topological polar surface area (TPSA) is 6.48 Å². The van der Waals surface area contributed by atoms with Crippen LogP contribution in [0.3, 0.4) is 0 Å². The van der Waals surface area contributed by atoms with Crippen molar-refractivity contribution in [1.82, 2.24) is 0 Å². The lowest BCUT2D eigenvalue weighted by Gasteiger charge is -2.28. The van der Waals surface area contributed by atoms with Gasteiger partial charge < -0.3 is 9.80 Å². The van der Waals surface area contributed by atoms with Crippen LogP contribution >= 0.6 is 11.3 Å². The van der Waals surface area contributed by atoms with Gasteiger partial charge in [0, 0.05) is 54.0 Å². The summed E-state index contributed by atoms with van der Waals surface area (Å²) in [7, 11) is 0. The average molecular weight is 721 g/mol. The summed E-state index contributed by atoms with van der Waals surface area (Å²) in [6.45, 7) is 0. The lowest BCUT2D eigenvalue weighted by atomic mass is 9.96. The van der Waals surface area contributed by atoms with Gasteiger partial charge in [-0.2, -0.15) is 0 Å². The van der Waals surface area contributed by atoms with Crippen molar-refractivity contribution in [2.45, 2.75) is 0 Å². The molecular formula is C52H36N2S. The van der Waals surface area contributed by atoms with E-state index >= 15 is 0 Å². The van der Waals surface area contributed by atoms with Crippen LogP contribution in [0.1, 0.15) is 0 Å². The molecule has 9 aromatic carbocycles. The molecular weight excluding hydrogens is 685 g/mol. The molecule has 0 radical (unpaired) electrons. The van der Waals surface area contributed by atoms with Gasteiger partial charge in [-0.15, -0.1) is 11.3 Å². The molecule has 0 amide bonds. The van der Waals surface area contributed by atoms with Crippen LogP contribution in [-0.4, -0.2) is 0 Å². The standard InChI is InChI=1S/C52H36N2S/c1-4-14-37(15-5-1)38-24-28-42(29-25-38)53(40-16-6-2-7-17-40)43-30-26-39(27-31-43)45-33-34-50(47-21-11-10-20-46(45)47)54(41-18-8-3-9-19-41)44-32-35-52-49(36-44)48-22-12-13-23-51(48)55-52/h1-36H. The maximum Gasteiger partial charge on any atom is 0.0540 e. The van der Waals surface area contributed by atoms with Crippen LogP contribution in [0.4, 0.5) is 34.1 Å². The van der Waals surface area contributed by atoms with Gasteiger partial charge in [-0.1, -0.05) is 140 Å². The number of thiophene rings is 1. The number of nitrogens with zero attached hydrogens (tertiary/aromatic N) is 2. The summed E-state index contributed by atoms with van der Waals surface area (Å²) in [4.78, 5) is 4.73. The van der Waals surface area contributed by atoms with Crippen molar-refractivity contribution >= 4 is 76.4 Å². The Morgan fingerprint density at radius 3 is 1.42 bits per heavy atom. The van der Waals surface area contributed by atoms with Crippen molar-refractivity contribution in [3.8, 4) is 22.3 Å². The SMILES string of the molecule is c1ccc(-c2ccc(N(c3ccccc3)c3ccc(-c4ccc(N(c5ccccc5)c5ccc6sc7ccccc7c6c5)c5ccccc45)cc3)cc2)cc1. The Kier molecular flexibility index (Phi) is 8.40. The van der Waals surface area contributed by atoms with E-state index in [0.717, 1.165) is 34.1 Å². The summed E-state index contributed by atoms with van der Waals surface area (Å²) < 4.78 is 2.62. The van der Waals surface area contributed by atoms with E-state index in [4.69, 9.17) is 0 Å². The lowest BCUT2D eigenvalue weighted by Crippen LogP contribution is -2.10. The number of hydrogen-bond donors (Lipinski definition) is 0. The monoisotopic (exact) mass is 720 g/mol. The van der Waals surface area contributed by atoms with Crippen molar-refractivity contribution in [3.63, 3.8) is 0 Å². The fourth-order valence-corrected chi connectivity index (χ4v) is 8.92. The van der Waals surface area contributed by atoms with Gasteiger partial charge in [0.05, 0.1) is 5.69 Å². The highest BCUT2D eigenvalue weighted by atomic mass is 32.1. The van der Waals surface area contributed by atoms with E-state index in [0.29, 0.717) is 0 Å². The van der Waals surface area contributed by atoms with Crippen LogP contribution in [0.2, 0.25) is 0 Å². The first-order chi connectivity index (χ1) is 27.3. The van der Waals surface area contributed by atoms with Crippen molar-refractivity contribution in [2.75, 3.05) is 9.80 Å². The summed E-state index contributed by atoms with van der Waals surface area (Å²) in [5.74, 6) is 0. The number of rotatable bonds is 8. The molecule has 10 rings (SSSR count). The zero-order valence-corrected chi connectivity index (χ0v) is 30.9. The largest absolute Gasteiger partial charge is 0.311 e. The van der Waals surface area contributed by atoms with Gasteiger partial charge in [0.15, 0.2) is 0 Å². The first kappa shape index (κ1) is 32.7. The summed E-state index contributed by atoms with van der Waals surface area (Å²) >= 11 is 1.85. The third-order valence-corrected chi connectivity index (χ3v) is 11.6. The maximum absolute atomic E-state index is 2.40. The molecule has 0 aliphatic heterocycles. The first-order valence-corrected chi connectivity index (χ1v) is 19.5. The predicted octanol–water partition coefficient (Wildman–Crippen LogP) is 15.5. The Morgan fingerprint density at radius 2 is 0.745 bits per heavy atom. The van der Waals surface area contributed by atoms with E-state index in [1.807, 2.05) is 11.3 Å². The normalized spacial score (nSPS) is 11.3. The third kappa shape index (κ3) is 6.11. The maximum atomic E-state index is 2.40. The van der Waals surface area contributed by atoms with Gasteiger partial charge in [0.2, 0.25) is 0 Å². The second kappa shape index (κ2) is 14.1. The van der Waals surface area contributed by atoms with Crippen LogP contribution in [0.15, 0.2) is 218 Å². The number of hydrogen-bond acceptors (Lipinski definition) is 3. The quantitative estimate of drug-likeness (QED) is 0.154. The second-order valence-corrected chi connectivity index (χ2v) is 14.8. The van der Waals surface area contributed by atoms with Crippen LogP contribution in [-0.2, 0) is 0 Å². The molecule has 10 aromatic rings. The van der Waals surface area contributed by atoms with E-state index in [9.17, 15) is 0 Å². The molecule has 3 heteroatoms. The molecule has 0 aliphatic carbocycles. The smallest absolute Gasteiger partial charge is 0.0540 e. The molecule has 1 heterocycles. The molecule has 0 bridgehead atoms. The van der Waals surface area contributed by atoms with Gasteiger partial charge >= 0.3 is 0 Å². The Labute approximate surface area is 325 Å². The highest BCUT2D eigenvalue weighted by Crippen LogP contribution is 2.45. The van der Waals surface area contributed by atoms with Gasteiger partial charge in [-0.05, 0) is 107 Å². The number of benzene rings is 9. The van der Waals surface area contributed by atoms with E-state index in [-0.39, 0.29) is 0 Å². The summed E-state index contributed by atoms with van der Waals surface area (Å²) in [5, 5.41) is 5.01. The summed E-state index contributed by atoms with van der Waals surface area (Å²) in [5.41, 5.74) is 11.6. The van der Waals surface area contributed by atoms with Gasteiger partial charge in [-0.25, -0.2) is 0 Å². The van der Waals surface area contributed by atoms with Crippen molar-refractivity contribution in [2.24, 2.45) is 0 Å². The minimum absolute atomic E-state index is 1.11. The highest BCUT2D eigenvalue weighted by Gasteiger charge is 2.19. The van der Waals surface area contributed by atoms with Crippen LogP contribution in [0.5, 0.6) is 0 Å². The lowest BCUT2D eigenvalue weighted by molar-refractivity contribution is 1.28. The molecule has 0 aliphatic rings. The molecule has 0 atom stereocenters. The molecule has 1 aromatic heterocycles. The zero-order valence-electron chi connectivity index (χ0n) is 30.1. The molecule has 2 nitrogen and oxygen atoms in total. The van der Waals surface area contributed by atoms with Crippen LogP contribution in [0, 0.1) is 0 Å². The van der Waals surface area contributed by atoms with E-state index in [2.05, 4.69) is 228 Å². The molecule has 55 heavy (non-hydrogen) atoms. The predicted molar refractivity (Wildman–Crippen MR) is 237 cm³/mol. The molecule has 0 spiro atoms. The van der Waals surface area contributed by atoms with Gasteiger partial charge in [0.1, 0.15) is 0 Å². The molecule has 0 N–H and O–H groups in total. The minimum atomic E-state index is 1.11. The van der Waals surface area contributed by atoms with Crippen LogP contribution < -0.4 is 9.80 Å². The fraction of sp³-hybridized carbons (Fsp3) is 0. The first-order valence-electron chi connectivity index (χ1n) is 18.7. The van der Waals surface area contributed by atoms with Crippen molar-refractivity contribution in [3.05, 3.63) is 218 Å². The molecule has 0 saturated carbocycles.